The van der Waals surface area contributed by atoms with Crippen molar-refractivity contribution in [2.75, 3.05) is 19.8 Å². The fourth-order valence-corrected chi connectivity index (χ4v) is 2.50. The Morgan fingerprint density at radius 1 is 1.18 bits per heavy atom. The van der Waals surface area contributed by atoms with Crippen molar-refractivity contribution < 1.29 is 28.6 Å². The van der Waals surface area contributed by atoms with Crippen LogP contribution in [0.2, 0.25) is 5.02 Å². The molecule has 1 saturated carbocycles. The molecule has 1 fully saturated rings. The van der Waals surface area contributed by atoms with Gasteiger partial charge >= 0.3 is 12.0 Å². The Balaban J connectivity index is 1.95. The number of rotatable bonds is 10. The Labute approximate surface area is 168 Å². The second-order valence-corrected chi connectivity index (χ2v) is 6.70. The smallest absolute Gasteiger partial charge is 0.338 e. The highest BCUT2D eigenvalue weighted by atomic mass is 35.5. The first-order valence-electron chi connectivity index (χ1n) is 9.31. The van der Waals surface area contributed by atoms with Gasteiger partial charge in [-0.25, -0.2) is 9.59 Å². The summed E-state index contributed by atoms with van der Waals surface area (Å²) in [5, 5.41) is 4.91. The molecule has 0 aromatic heterocycles. The summed E-state index contributed by atoms with van der Waals surface area (Å²) in [6.07, 6.45) is 3.62. The molecule has 8 nitrogen and oxygen atoms in total. The zero-order chi connectivity index (χ0) is 20.5. The van der Waals surface area contributed by atoms with Gasteiger partial charge in [-0.1, -0.05) is 24.9 Å². The van der Waals surface area contributed by atoms with Crippen LogP contribution in [0, 0.1) is 0 Å². The standard InChI is InChI=1S/C19H25ClN2O6/c1-3-5-8-27-17-14(20)9-12(10-15(17)26-4-2)18(24)28-11-16(23)22-19(25)21-13-6-7-13/h9-10,13H,3-8,11H2,1-2H3,(H2,21,22,23,25). The van der Waals surface area contributed by atoms with Crippen LogP contribution in [-0.2, 0) is 9.53 Å². The zero-order valence-corrected chi connectivity index (χ0v) is 16.8. The van der Waals surface area contributed by atoms with E-state index in [1.807, 2.05) is 6.92 Å². The number of benzene rings is 1. The van der Waals surface area contributed by atoms with E-state index < -0.39 is 24.5 Å². The molecule has 0 heterocycles. The van der Waals surface area contributed by atoms with E-state index in [2.05, 4.69) is 10.6 Å². The minimum atomic E-state index is -0.763. The molecule has 9 heteroatoms. The third-order valence-electron chi connectivity index (χ3n) is 3.79. The Bertz CT molecular complexity index is 721. The summed E-state index contributed by atoms with van der Waals surface area (Å²) in [5.41, 5.74) is 0.117. The number of carbonyl (C=O) groups is 3. The van der Waals surface area contributed by atoms with Gasteiger partial charge < -0.3 is 19.5 Å². The molecule has 1 aliphatic carbocycles. The Morgan fingerprint density at radius 3 is 2.57 bits per heavy atom. The molecule has 2 rings (SSSR count). The second-order valence-electron chi connectivity index (χ2n) is 6.29. The number of carbonyl (C=O) groups excluding carboxylic acids is 3. The normalized spacial score (nSPS) is 12.8. The minimum absolute atomic E-state index is 0.117. The average molecular weight is 413 g/mol. The van der Waals surface area contributed by atoms with Crippen molar-refractivity contribution in [2.24, 2.45) is 0 Å². The van der Waals surface area contributed by atoms with Crippen molar-refractivity contribution in [3.8, 4) is 11.5 Å². The van der Waals surface area contributed by atoms with Gasteiger partial charge in [0.25, 0.3) is 5.91 Å². The lowest BCUT2D eigenvalue weighted by Crippen LogP contribution is -2.42. The van der Waals surface area contributed by atoms with Gasteiger partial charge in [0.2, 0.25) is 0 Å². The quantitative estimate of drug-likeness (QED) is 0.452. The molecule has 1 aliphatic rings. The van der Waals surface area contributed by atoms with E-state index in [0.29, 0.717) is 24.7 Å². The summed E-state index contributed by atoms with van der Waals surface area (Å²) in [6.45, 7) is 4.08. The topological polar surface area (TPSA) is 103 Å². The van der Waals surface area contributed by atoms with Crippen molar-refractivity contribution in [2.45, 2.75) is 45.6 Å². The Kier molecular flexibility index (Phi) is 8.38. The van der Waals surface area contributed by atoms with Crippen LogP contribution in [-0.4, -0.2) is 43.8 Å². The van der Waals surface area contributed by atoms with Crippen molar-refractivity contribution in [1.82, 2.24) is 10.6 Å². The molecule has 1 aromatic rings. The fourth-order valence-electron chi connectivity index (χ4n) is 2.23. The van der Waals surface area contributed by atoms with E-state index in [1.54, 1.807) is 6.92 Å². The summed E-state index contributed by atoms with van der Waals surface area (Å²) in [4.78, 5) is 35.4. The van der Waals surface area contributed by atoms with E-state index in [4.69, 9.17) is 25.8 Å². The summed E-state index contributed by atoms with van der Waals surface area (Å²) in [5.74, 6) is -0.794. The zero-order valence-electron chi connectivity index (χ0n) is 16.0. The van der Waals surface area contributed by atoms with Crippen molar-refractivity contribution in [1.29, 1.82) is 0 Å². The highest BCUT2D eigenvalue weighted by Crippen LogP contribution is 2.37. The molecule has 154 valence electrons. The number of esters is 1. The van der Waals surface area contributed by atoms with Crippen molar-refractivity contribution >= 4 is 29.5 Å². The lowest BCUT2D eigenvalue weighted by molar-refractivity contribution is -0.123. The molecular formula is C19H25ClN2O6. The molecular weight excluding hydrogens is 388 g/mol. The van der Waals surface area contributed by atoms with Crippen LogP contribution in [0.4, 0.5) is 4.79 Å². The maximum absolute atomic E-state index is 12.2. The molecule has 0 saturated heterocycles. The van der Waals surface area contributed by atoms with Crippen LogP contribution in [0.1, 0.15) is 49.9 Å². The van der Waals surface area contributed by atoms with Crippen LogP contribution in [0.3, 0.4) is 0 Å². The van der Waals surface area contributed by atoms with E-state index >= 15 is 0 Å². The van der Waals surface area contributed by atoms with Gasteiger partial charge in [-0.2, -0.15) is 0 Å². The van der Waals surface area contributed by atoms with Crippen LogP contribution in [0.5, 0.6) is 11.5 Å². The SMILES string of the molecule is CCCCOc1c(Cl)cc(C(=O)OCC(=O)NC(=O)NC2CC2)cc1OCC. The van der Waals surface area contributed by atoms with Gasteiger partial charge in [-0.3, -0.25) is 10.1 Å². The number of hydrogen-bond donors (Lipinski definition) is 2. The number of amides is 3. The number of unbranched alkanes of at least 4 members (excludes halogenated alkanes) is 1. The van der Waals surface area contributed by atoms with E-state index in [-0.39, 0.29) is 16.6 Å². The molecule has 0 unspecified atom stereocenters. The average Bonchev–Trinajstić information content (AvgIpc) is 3.45. The molecule has 28 heavy (non-hydrogen) atoms. The molecule has 0 atom stereocenters. The summed E-state index contributed by atoms with van der Waals surface area (Å²) in [6, 6.07) is 2.37. The van der Waals surface area contributed by atoms with Crippen LogP contribution < -0.4 is 20.1 Å². The molecule has 0 radical (unpaired) electrons. The third-order valence-corrected chi connectivity index (χ3v) is 4.07. The molecule has 0 bridgehead atoms. The first-order valence-corrected chi connectivity index (χ1v) is 9.69. The predicted molar refractivity (Wildman–Crippen MR) is 103 cm³/mol. The first kappa shape index (κ1) is 21.8. The van der Waals surface area contributed by atoms with E-state index in [0.717, 1.165) is 25.7 Å². The van der Waals surface area contributed by atoms with Gasteiger partial charge in [-0.15, -0.1) is 0 Å². The number of hydrogen-bond acceptors (Lipinski definition) is 6. The Hall–Kier alpha value is -2.48. The van der Waals surface area contributed by atoms with Gasteiger partial charge in [0.1, 0.15) is 0 Å². The van der Waals surface area contributed by atoms with Crippen molar-refractivity contribution in [3.05, 3.63) is 22.7 Å². The summed E-state index contributed by atoms with van der Waals surface area (Å²) in [7, 11) is 0. The highest BCUT2D eigenvalue weighted by molar-refractivity contribution is 6.32. The number of urea groups is 1. The third kappa shape index (κ3) is 6.92. The van der Waals surface area contributed by atoms with Gasteiger partial charge in [0, 0.05) is 6.04 Å². The lowest BCUT2D eigenvalue weighted by Gasteiger charge is -2.15. The van der Waals surface area contributed by atoms with E-state index in [9.17, 15) is 14.4 Å². The largest absolute Gasteiger partial charge is 0.490 e. The molecule has 2 N–H and O–H groups in total. The monoisotopic (exact) mass is 412 g/mol. The second kappa shape index (κ2) is 10.8. The van der Waals surface area contributed by atoms with Crippen LogP contribution >= 0.6 is 11.6 Å². The van der Waals surface area contributed by atoms with Crippen LogP contribution in [0.15, 0.2) is 12.1 Å². The maximum Gasteiger partial charge on any atom is 0.338 e. The first-order chi connectivity index (χ1) is 13.4. The number of ether oxygens (including phenoxy) is 3. The lowest BCUT2D eigenvalue weighted by atomic mass is 10.2. The summed E-state index contributed by atoms with van der Waals surface area (Å²) < 4.78 is 16.1. The fraction of sp³-hybridized carbons (Fsp3) is 0.526. The number of imide groups is 1. The predicted octanol–water partition coefficient (Wildman–Crippen LogP) is 3.06. The van der Waals surface area contributed by atoms with Gasteiger partial charge in [0.15, 0.2) is 18.1 Å². The minimum Gasteiger partial charge on any atom is -0.490 e. The number of nitrogens with one attached hydrogen (secondary N) is 2. The van der Waals surface area contributed by atoms with Gasteiger partial charge in [-0.05, 0) is 38.3 Å². The molecule has 0 aliphatic heterocycles. The number of halogens is 1. The Morgan fingerprint density at radius 2 is 1.93 bits per heavy atom. The van der Waals surface area contributed by atoms with Crippen molar-refractivity contribution in [3.63, 3.8) is 0 Å². The molecule has 0 spiro atoms. The van der Waals surface area contributed by atoms with E-state index in [1.165, 1.54) is 12.1 Å². The molecule has 3 amide bonds. The highest BCUT2D eigenvalue weighted by Gasteiger charge is 2.24. The summed E-state index contributed by atoms with van der Waals surface area (Å²) >= 11 is 6.23. The van der Waals surface area contributed by atoms with Gasteiger partial charge in [0.05, 0.1) is 23.8 Å². The maximum atomic E-state index is 12.2. The van der Waals surface area contributed by atoms with Crippen LogP contribution in [0.25, 0.3) is 0 Å². The molecule has 1 aromatic carbocycles.